The molecule has 2 aromatic rings. The van der Waals surface area contributed by atoms with E-state index in [2.05, 4.69) is 42.6 Å². The van der Waals surface area contributed by atoms with Crippen molar-refractivity contribution in [1.29, 1.82) is 0 Å². The third-order valence-electron chi connectivity index (χ3n) is 4.74. The van der Waals surface area contributed by atoms with Gasteiger partial charge in [0.25, 0.3) is 0 Å². The van der Waals surface area contributed by atoms with E-state index in [0.29, 0.717) is 5.75 Å². The summed E-state index contributed by atoms with van der Waals surface area (Å²) in [6, 6.07) is 11.0. The maximum atomic E-state index is 11.8. The summed E-state index contributed by atoms with van der Waals surface area (Å²) in [6.07, 6.45) is 6.40. The van der Waals surface area contributed by atoms with Crippen LogP contribution in [0.1, 0.15) is 57.1 Å². The zero-order valence-electron chi connectivity index (χ0n) is 15.6. The van der Waals surface area contributed by atoms with Crippen molar-refractivity contribution in [1.82, 2.24) is 0 Å². The second-order valence-corrected chi connectivity index (χ2v) is 10.7. The van der Waals surface area contributed by atoms with E-state index < -0.39 is 9.84 Å². The molecule has 0 spiro atoms. The Hall–Kier alpha value is -1.13. The highest BCUT2D eigenvalue weighted by Gasteiger charge is 2.14. The standard InChI is InChI=1S/C21H30O2S2/c1-17(2)25(22,23)15-8-6-4-5-7-10-19-12-13-20(16-18(19)3)21-11-9-14-24-21/h9,11-14,16-17H,4-8,10,15H2,1-3H3. The molecule has 2 nitrogen and oxygen atoms in total. The molecule has 25 heavy (non-hydrogen) atoms. The molecule has 0 N–H and O–H groups in total. The van der Waals surface area contributed by atoms with Crippen LogP contribution in [0.25, 0.3) is 10.4 Å². The monoisotopic (exact) mass is 378 g/mol. The van der Waals surface area contributed by atoms with Crippen LogP contribution in [0.15, 0.2) is 35.7 Å². The fourth-order valence-electron chi connectivity index (χ4n) is 2.96. The Morgan fingerprint density at radius 3 is 2.36 bits per heavy atom. The van der Waals surface area contributed by atoms with Gasteiger partial charge in [0.05, 0.1) is 11.0 Å². The summed E-state index contributed by atoms with van der Waals surface area (Å²) < 4.78 is 23.5. The van der Waals surface area contributed by atoms with Crippen molar-refractivity contribution in [2.75, 3.05) is 5.75 Å². The van der Waals surface area contributed by atoms with Crippen molar-refractivity contribution >= 4 is 21.2 Å². The van der Waals surface area contributed by atoms with Crippen LogP contribution in [0.5, 0.6) is 0 Å². The van der Waals surface area contributed by atoms with E-state index in [1.807, 2.05) is 0 Å². The number of benzene rings is 1. The molecule has 1 aromatic carbocycles. The van der Waals surface area contributed by atoms with Crippen molar-refractivity contribution in [3.8, 4) is 10.4 Å². The molecule has 0 unspecified atom stereocenters. The molecule has 0 bridgehead atoms. The smallest absolute Gasteiger partial charge is 0.152 e. The molecular formula is C21H30O2S2. The minimum Gasteiger partial charge on any atom is -0.229 e. The van der Waals surface area contributed by atoms with Crippen molar-refractivity contribution < 1.29 is 8.42 Å². The average molecular weight is 379 g/mol. The van der Waals surface area contributed by atoms with Crippen LogP contribution in [-0.2, 0) is 16.3 Å². The summed E-state index contributed by atoms with van der Waals surface area (Å²) >= 11 is 1.78. The van der Waals surface area contributed by atoms with Crippen molar-refractivity contribution in [2.45, 2.75) is 64.5 Å². The molecule has 0 radical (unpaired) electrons. The molecule has 0 saturated heterocycles. The Bertz CT molecular complexity index is 744. The minimum atomic E-state index is -2.86. The molecule has 1 aromatic heterocycles. The molecule has 0 aliphatic carbocycles. The quantitative estimate of drug-likeness (QED) is 0.472. The number of unbranched alkanes of at least 4 members (excludes halogenated alkanes) is 4. The second-order valence-electron chi connectivity index (χ2n) is 7.05. The Morgan fingerprint density at radius 2 is 1.72 bits per heavy atom. The molecule has 0 atom stereocenters. The first-order chi connectivity index (χ1) is 11.9. The predicted molar refractivity (Wildman–Crippen MR) is 110 cm³/mol. The molecule has 2 rings (SSSR count). The van der Waals surface area contributed by atoms with E-state index in [1.54, 1.807) is 25.2 Å². The highest BCUT2D eigenvalue weighted by Crippen LogP contribution is 2.27. The van der Waals surface area contributed by atoms with Gasteiger partial charge in [0, 0.05) is 4.88 Å². The SMILES string of the molecule is Cc1cc(-c2cccs2)ccc1CCCCCCCS(=O)(=O)C(C)C. The fourth-order valence-corrected chi connectivity index (χ4v) is 4.76. The maximum Gasteiger partial charge on any atom is 0.152 e. The first-order valence-electron chi connectivity index (χ1n) is 9.25. The first-order valence-corrected chi connectivity index (χ1v) is 11.8. The molecule has 0 amide bonds. The van der Waals surface area contributed by atoms with Crippen molar-refractivity contribution in [2.24, 2.45) is 0 Å². The van der Waals surface area contributed by atoms with E-state index >= 15 is 0 Å². The van der Waals surface area contributed by atoms with Crippen LogP contribution in [0.3, 0.4) is 0 Å². The predicted octanol–water partition coefficient (Wildman–Crippen LogP) is 6.04. The van der Waals surface area contributed by atoms with Crippen LogP contribution in [0, 0.1) is 6.92 Å². The molecule has 0 fully saturated rings. The molecule has 4 heteroatoms. The lowest BCUT2D eigenvalue weighted by Gasteiger charge is -2.09. The molecule has 0 aliphatic rings. The van der Waals surface area contributed by atoms with Crippen LogP contribution < -0.4 is 0 Å². The molecule has 0 aliphatic heterocycles. The largest absolute Gasteiger partial charge is 0.229 e. The third kappa shape index (κ3) is 6.27. The number of thiophene rings is 1. The molecule has 138 valence electrons. The van der Waals surface area contributed by atoms with Crippen LogP contribution in [-0.4, -0.2) is 19.4 Å². The van der Waals surface area contributed by atoms with Gasteiger partial charge in [-0.15, -0.1) is 11.3 Å². The minimum absolute atomic E-state index is 0.243. The van der Waals surface area contributed by atoms with Crippen LogP contribution in [0.2, 0.25) is 0 Å². The van der Waals surface area contributed by atoms with Crippen molar-refractivity contribution in [3.05, 3.63) is 46.8 Å². The zero-order valence-corrected chi connectivity index (χ0v) is 17.3. The Kier molecular flexibility index (Phi) is 7.70. The Labute approximate surface area is 157 Å². The average Bonchev–Trinajstić information content (AvgIpc) is 3.09. The lowest BCUT2D eigenvalue weighted by atomic mass is 9.99. The van der Waals surface area contributed by atoms with Crippen LogP contribution in [0.4, 0.5) is 0 Å². The number of hydrogen-bond donors (Lipinski definition) is 0. The van der Waals surface area contributed by atoms with Gasteiger partial charge in [0.15, 0.2) is 9.84 Å². The van der Waals surface area contributed by atoms with Gasteiger partial charge < -0.3 is 0 Å². The summed E-state index contributed by atoms with van der Waals surface area (Å²) in [4.78, 5) is 1.32. The van der Waals surface area contributed by atoms with E-state index in [0.717, 1.165) is 25.7 Å². The highest BCUT2D eigenvalue weighted by molar-refractivity contribution is 7.91. The summed E-state index contributed by atoms with van der Waals surface area (Å²) in [5.41, 5.74) is 4.11. The van der Waals surface area contributed by atoms with Gasteiger partial charge in [-0.25, -0.2) is 8.42 Å². The van der Waals surface area contributed by atoms with Gasteiger partial charge in [0.1, 0.15) is 0 Å². The lowest BCUT2D eigenvalue weighted by molar-refractivity contribution is 0.577. The Balaban J connectivity index is 1.69. The summed E-state index contributed by atoms with van der Waals surface area (Å²) in [5, 5.41) is 1.87. The van der Waals surface area contributed by atoms with Gasteiger partial charge in [-0.3, -0.25) is 0 Å². The Morgan fingerprint density at radius 1 is 1.00 bits per heavy atom. The molecule has 1 heterocycles. The van der Waals surface area contributed by atoms with Crippen LogP contribution >= 0.6 is 11.3 Å². The lowest BCUT2D eigenvalue weighted by Crippen LogP contribution is -2.17. The van der Waals surface area contributed by atoms with Gasteiger partial charge >= 0.3 is 0 Å². The summed E-state index contributed by atoms with van der Waals surface area (Å²) in [7, 11) is -2.86. The number of aryl methyl sites for hydroxylation is 2. The topological polar surface area (TPSA) is 34.1 Å². The van der Waals surface area contributed by atoms with E-state index in [4.69, 9.17) is 0 Å². The van der Waals surface area contributed by atoms with Crippen molar-refractivity contribution in [3.63, 3.8) is 0 Å². The molecule has 0 saturated carbocycles. The number of hydrogen-bond acceptors (Lipinski definition) is 3. The van der Waals surface area contributed by atoms with Gasteiger partial charge in [0.2, 0.25) is 0 Å². The zero-order chi connectivity index (χ0) is 18.3. The fraction of sp³-hybridized carbons (Fsp3) is 0.524. The van der Waals surface area contributed by atoms with Gasteiger partial charge in [-0.1, -0.05) is 43.5 Å². The van der Waals surface area contributed by atoms with Gasteiger partial charge in [-0.2, -0.15) is 0 Å². The molecular weight excluding hydrogens is 348 g/mol. The third-order valence-corrected chi connectivity index (χ3v) is 7.95. The second kappa shape index (κ2) is 9.54. The van der Waals surface area contributed by atoms with Gasteiger partial charge in [-0.05, 0) is 68.2 Å². The normalized spacial score (nSPS) is 12.0. The summed E-state index contributed by atoms with van der Waals surface area (Å²) in [6.45, 7) is 5.73. The summed E-state index contributed by atoms with van der Waals surface area (Å²) in [5.74, 6) is 0.341. The number of rotatable bonds is 10. The highest BCUT2D eigenvalue weighted by atomic mass is 32.2. The van der Waals surface area contributed by atoms with E-state index in [9.17, 15) is 8.42 Å². The van der Waals surface area contributed by atoms with E-state index in [1.165, 1.54) is 34.4 Å². The number of sulfone groups is 1. The van der Waals surface area contributed by atoms with E-state index in [-0.39, 0.29) is 5.25 Å². The first kappa shape index (κ1) is 20.2. The maximum absolute atomic E-state index is 11.8.